The first-order chi connectivity index (χ1) is 15.7. The number of ketones is 1. The molecule has 1 saturated heterocycles. The fourth-order valence-corrected chi connectivity index (χ4v) is 5.57. The number of aliphatic hydroxyl groups is 1. The molecule has 1 aromatic heterocycles. The van der Waals surface area contributed by atoms with E-state index in [1.165, 1.54) is 28.8 Å². The number of Topliss-reactive ketones (excluding diaryl/α,β-unsaturated/α-hetero) is 1. The molecule has 1 fully saturated rings. The summed E-state index contributed by atoms with van der Waals surface area (Å²) in [7, 11) is 0. The molecule has 9 heteroatoms. The maximum absolute atomic E-state index is 12.4. The van der Waals surface area contributed by atoms with Crippen LogP contribution in [0.25, 0.3) is 0 Å². The molecule has 4 atom stereocenters. The molecular weight excluding hydrogens is 444 g/mol. The van der Waals surface area contributed by atoms with Crippen molar-refractivity contribution in [2.75, 3.05) is 5.75 Å². The Morgan fingerprint density at radius 3 is 2.39 bits per heavy atom. The Morgan fingerprint density at radius 2 is 1.82 bits per heavy atom. The first-order valence-corrected chi connectivity index (χ1v) is 11.6. The number of phenols is 1. The number of β-lactam (4-membered cyclic amide) rings is 1. The molecule has 0 spiro atoms. The molecule has 0 unspecified atom stereocenters. The first kappa shape index (κ1) is 23.0. The Labute approximate surface area is 195 Å². The Hall–Kier alpha value is -3.17. The zero-order valence-electron chi connectivity index (χ0n) is 18.2. The van der Waals surface area contributed by atoms with Crippen LogP contribution in [0.5, 0.6) is 5.75 Å². The summed E-state index contributed by atoms with van der Waals surface area (Å²) in [5.41, 5.74) is 1.05. The van der Waals surface area contributed by atoms with E-state index in [4.69, 9.17) is 0 Å². The number of rotatable bonds is 8. The maximum atomic E-state index is 12.4. The molecular formula is C24H24N2O6S. The molecule has 33 heavy (non-hydrogen) atoms. The number of aromatic hydroxyl groups is 1. The van der Waals surface area contributed by atoms with E-state index in [2.05, 4.69) is 0 Å². The molecule has 2 N–H and O–H groups in total. The number of aromatic nitrogens is 1. The van der Waals surface area contributed by atoms with Crippen LogP contribution in [-0.2, 0) is 16.1 Å². The highest BCUT2D eigenvalue weighted by Gasteiger charge is 2.58. The van der Waals surface area contributed by atoms with Gasteiger partial charge < -0.3 is 25.0 Å². The van der Waals surface area contributed by atoms with E-state index in [0.29, 0.717) is 16.9 Å². The predicted octanol–water partition coefficient (Wildman–Crippen LogP) is 0.516. The van der Waals surface area contributed by atoms with E-state index in [1.807, 2.05) is 19.1 Å². The Balaban J connectivity index is 1.43. The van der Waals surface area contributed by atoms with Crippen molar-refractivity contribution in [2.45, 2.75) is 37.4 Å². The van der Waals surface area contributed by atoms with Gasteiger partial charge in [0.2, 0.25) is 18.2 Å². The largest absolute Gasteiger partial charge is 0.543 e. The number of carbonyl (C=O) groups excluding carboxylic acids is 3. The normalized spacial score (nSPS) is 22.7. The number of hydrogen-bond donors (Lipinski definition) is 2. The Kier molecular flexibility index (Phi) is 6.27. The molecule has 0 saturated carbocycles. The van der Waals surface area contributed by atoms with Gasteiger partial charge in [-0.3, -0.25) is 9.59 Å². The third-order valence-electron chi connectivity index (χ3n) is 6.28. The van der Waals surface area contributed by atoms with Crippen LogP contribution >= 0.6 is 11.8 Å². The summed E-state index contributed by atoms with van der Waals surface area (Å²) in [4.78, 5) is 38.7. The average Bonchev–Trinajstić information content (AvgIpc) is 3.01. The van der Waals surface area contributed by atoms with Crippen molar-refractivity contribution in [2.24, 2.45) is 11.8 Å². The van der Waals surface area contributed by atoms with Gasteiger partial charge in [-0.05, 0) is 36.8 Å². The van der Waals surface area contributed by atoms with Crippen LogP contribution in [0.15, 0.2) is 65.0 Å². The highest BCUT2D eigenvalue weighted by Crippen LogP contribution is 2.47. The second-order valence-electron chi connectivity index (χ2n) is 8.38. The van der Waals surface area contributed by atoms with Gasteiger partial charge in [0.15, 0.2) is 12.4 Å². The monoisotopic (exact) mass is 468 g/mol. The molecule has 2 aliphatic heterocycles. The lowest BCUT2D eigenvalue weighted by atomic mass is 9.78. The summed E-state index contributed by atoms with van der Waals surface area (Å²) < 4.78 is 1.74. The number of pyridine rings is 1. The van der Waals surface area contributed by atoms with E-state index >= 15 is 0 Å². The number of hydrogen-bond acceptors (Lipinski definition) is 7. The highest BCUT2D eigenvalue weighted by molar-refractivity contribution is 7.99. The summed E-state index contributed by atoms with van der Waals surface area (Å²) in [6, 6.07) is 9.41. The van der Waals surface area contributed by atoms with Crippen LogP contribution in [0.1, 0.15) is 24.2 Å². The summed E-state index contributed by atoms with van der Waals surface area (Å²) in [5, 5.41) is 31.1. The van der Waals surface area contributed by atoms with Crippen molar-refractivity contribution < 1.29 is 34.3 Å². The van der Waals surface area contributed by atoms with Gasteiger partial charge in [-0.1, -0.05) is 6.92 Å². The molecule has 3 heterocycles. The minimum Gasteiger partial charge on any atom is -0.543 e. The topological polar surface area (TPSA) is 122 Å². The van der Waals surface area contributed by atoms with E-state index in [9.17, 15) is 29.7 Å². The third kappa shape index (κ3) is 4.26. The van der Waals surface area contributed by atoms with Gasteiger partial charge in [0.25, 0.3) is 0 Å². The second-order valence-corrected chi connectivity index (χ2v) is 9.43. The van der Waals surface area contributed by atoms with Crippen molar-refractivity contribution in [1.29, 1.82) is 0 Å². The van der Waals surface area contributed by atoms with Crippen LogP contribution in [-0.4, -0.2) is 50.7 Å². The quantitative estimate of drug-likeness (QED) is 0.251. The number of nitrogens with zero attached hydrogens (tertiary/aromatic N) is 2. The zero-order chi connectivity index (χ0) is 23.9. The van der Waals surface area contributed by atoms with E-state index in [-0.39, 0.29) is 41.6 Å². The van der Waals surface area contributed by atoms with Crippen LogP contribution < -0.4 is 9.67 Å². The van der Waals surface area contributed by atoms with Gasteiger partial charge in [0, 0.05) is 34.3 Å². The SMILES string of the molecule is C[C@@H](O)[C@H]1C(=O)N2C(C(=O)[O-])=C(CSc3cc[n+](CC(=O)c4ccc(O)cc4)cc3)[C@H](C)[C@H]12. The molecule has 0 bridgehead atoms. The number of carbonyl (C=O) groups is 3. The predicted molar refractivity (Wildman–Crippen MR) is 117 cm³/mol. The number of phenolic OH excluding ortho intramolecular Hbond substituents is 1. The lowest BCUT2D eigenvalue weighted by Crippen LogP contribution is -2.64. The van der Waals surface area contributed by atoms with E-state index < -0.39 is 18.0 Å². The number of thioether (sulfide) groups is 1. The summed E-state index contributed by atoms with van der Waals surface area (Å²) in [6.45, 7) is 3.56. The van der Waals surface area contributed by atoms with Crippen molar-refractivity contribution >= 4 is 29.4 Å². The zero-order valence-corrected chi connectivity index (χ0v) is 19.0. The van der Waals surface area contributed by atoms with Crippen LogP contribution in [0, 0.1) is 11.8 Å². The fraction of sp³-hybridized carbons (Fsp3) is 0.333. The molecule has 4 rings (SSSR count). The maximum Gasteiger partial charge on any atom is 0.235 e. The number of aliphatic carboxylic acids is 1. The van der Waals surface area contributed by atoms with Crippen molar-refractivity contribution in [1.82, 2.24) is 4.90 Å². The minimum absolute atomic E-state index is 0.0765. The number of aliphatic hydroxyl groups excluding tert-OH is 1. The van der Waals surface area contributed by atoms with E-state index in [0.717, 1.165) is 4.90 Å². The molecule has 0 aliphatic carbocycles. The summed E-state index contributed by atoms with van der Waals surface area (Å²) >= 11 is 1.44. The van der Waals surface area contributed by atoms with Crippen molar-refractivity contribution in [3.63, 3.8) is 0 Å². The average molecular weight is 469 g/mol. The highest BCUT2D eigenvalue weighted by atomic mass is 32.2. The number of fused-ring (bicyclic) bond motifs is 1. The number of carboxylic acids is 1. The number of benzene rings is 1. The molecule has 2 aliphatic rings. The number of carboxylic acid groups (broad SMARTS) is 1. The smallest absolute Gasteiger partial charge is 0.235 e. The van der Waals surface area contributed by atoms with Gasteiger partial charge in [0.1, 0.15) is 5.75 Å². The molecule has 2 aromatic rings. The molecule has 1 amide bonds. The van der Waals surface area contributed by atoms with Crippen LogP contribution in [0.2, 0.25) is 0 Å². The Morgan fingerprint density at radius 1 is 1.18 bits per heavy atom. The molecule has 1 aromatic carbocycles. The van der Waals surface area contributed by atoms with Gasteiger partial charge in [-0.25, -0.2) is 0 Å². The lowest BCUT2D eigenvalue weighted by Gasteiger charge is -2.47. The molecule has 8 nitrogen and oxygen atoms in total. The van der Waals surface area contributed by atoms with Crippen LogP contribution in [0.4, 0.5) is 0 Å². The summed E-state index contributed by atoms with van der Waals surface area (Å²) in [6.07, 6.45) is 2.70. The standard InChI is InChI=1S/C24H24N2O6S/c1-13-18(22(24(31)32)26-21(13)20(14(2)27)23(26)30)12-33-17-7-9-25(10-8-17)11-19(29)15-3-5-16(28)6-4-15/h3-10,13-14,20-21,27H,11-12H2,1-2H3,(H-,28,29,31,32)/t13-,14+,20+,21+/m0/s1. The summed E-state index contributed by atoms with van der Waals surface area (Å²) in [5.74, 6) is -2.17. The first-order valence-electron chi connectivity index (χ1n) is 10.6. The third-order valence-corrected chi connectivity index (χ3v) is 7.34. The number of amides is 1. The lowest BCUT2D eigenvalue weighted by molar-refractivity contribution is -0.683. The van der Waals surface area contributed by atoms with Crippen molar-refractivity contribution in [3.8, 4) is 5.75 Å². The molecule has 172 valence electrons. The van der Waals surface area contributed by atoms with Crippen molar-refractivity contribution in [3.05, 3.63) is 65.6 Å². The van der Waals surface area contributed by atoms with Gasteiger partial charge in [-0.15, -0.1) is 11.8 Å². The minimum atomic E-state index is -1.38. The van der Waals surface area contributed by atoms with Crippen LogP contribution in [0.3, 0.4) is 0 Å². The Bertz CT molecular complexity index is 1130. The van der Waals surface area contributed by atoms with Gasteiger partial charge in [0.05, 0.1) is 29.7 Å². The fourth-order valence-electron chi connectivity index (χ4n) is 4.53. The van der Waals surface area contributed by atoms with Gasteiger partial charge >= 0.3 is 0 Å². The second kappa shape index (κ2) is 8.99. The van der Waals surface area contributed by atoms with Gasteiger partial charge in [-0.2, -0.15) is 4.57 Å². The van der Waals surface area contributed by atoms with E-state index in [1.54, 1.807) is 36.0 Å². The molecule has 0 radical (unpaired) electrons.